The molecule has 0 aliphatic rings. The monoisotopic (exact) mass is 215 g/mol. The van der Waals surface area contributed by atoms with E-state index in [9.17, 15) is 0 Å². The van der Waals surface area contributed by atoms with E-state index in [1.165, 1.54) is 0 Å². The topological polar surface area (TPSA) is 12.9 Å². The van der Waals surface area contributed by atoms with Gasteiger partial charge in [0.1, 0.15) is 5.15 Å². The molecular weight excluding hydrogens is 206 g/mol. The quantitative estimate of drug-likeness (QED) is 0.695. The van der Waals surface area contributed by atoms with Crippen molar-refractivity contribution < 1.29 is 0 Å². The molecule has 0 saturated heterocycles. The zero-order chi connectivity index (χ0) is 10.7. The number of aromatic nitrogens is 1. The fourth-order valence-electron chi connectivity index (χ4n) is 1.36. The van der Waals surface area contributed by atoms with E-state index in [0.29, 0.717) is 5.15 Å². The summed E-state index contributed by atoms with van der Waals surface area (Å²) >= 11 is 5.72. The Hall–Kier alpha value is -1.60. The van der Waals surface area contributed by atoms with Gasteiger partial charge in [-0.05, 0) is 23.3 Å². The normalized spacial score (nSPS) is 9.93. The van der Waals surface area contributed by atoms with Crippen LogP contribution in [0, 0.1) is 0 Å². The minimum absolute atomic E-state index is 0.500. The lowest BCUT2D eigenvalue weighted by Gasteiger charge is -2.05. The molecule has 0 spiro atoms. The molecule has 15 heavy (non-hydrogen) atoms. The second kappa shape index (κ2) is 4.28. The maximum atomic E-state index is 5.72. The zero-order valence-electron chi connectivity index (χ0n) is 8.15. The summed E-state index contributed by atoms with van der Waals surface area (Å²) in [4.78, 5) is 4.03. The summed E-state index contributed by atoms with van der Waals surface area (Å²) in [5.74, 6) is 0. The van der Waals surface area contributed by atoms with Gasteiger partial charge in [-0.2, -0.15) is 0 Å². The summed E-state index contributed by atoms with van der Waals surface area (Å²) < 4.78 is 0. The van der Waals surface area contributed by atoms with Gasteiger partial charge in [0.25, 0.3) is 0 Å². The Morgan fingerprint density at radius 1 is 1.00 bits per heavy atom. The lowest BCUT2D eigenvalue weighted by Crippen LogP contribution is -1.86. The van der Waals surface area contributed by atoms with Gasteiger partial charge in [-0.25, -0.2) is 4.98 Å². The van der Waals surface area contributed by atoms with E-state index in [1.54, 1.807) is 12.3 Å². The van der Waals surface area contributed by atoms with Gasteiger partial charge in [-0.15, -0.1) is 0 Å². The van der Waals surface area contributed by atoms with Crippen molar-refractivity contribution in [1.29, 1.82) is 0 Å². The van der Waals surface area contributed by atoms with Crippen LogP contribution >= 0.6 is 11.6 Å². The first kappa shape index (κ1) is 9.94. The predicted molar refractivity (Wildman–Crippen MR) is 63.8 cm³/mol. The molecule has 0 fully saturated rings. The Morgan fingerprint density at radius 2 is 1.73 bits per heavy atom. The van der Waals surface area contributed by atoms with Gasteiger partial charge in [0, 0.05) is 11.8 Å². The Kier molecular flexibility index (Phi) is 2.84. The van der Waals surface area contributed by atoms with Crippen molar-refractivity contribution in [2.75, 3.05) is 0 Å². The molecule has 0 saturated carbocycles. The summed E-state index contributed by atoms with van der Waals surface area (Å²) in [5, 5.41) is 0.500. The maximum Gasteiger partial charge on any atom is 0.129 e. The van der Waals surface area contributed by atoms with Crippen LogP contribution in [0.15, 0.2) is 55.2 Å². The molecule has 2 heteroatoms. The van der Waals surface area contributed by atoms with Crippen molar-refractivity contribution in [3.63, 3.8) is 0 Å². The minimum Gasteiger partial charge on any atom is -0.244 e. The van der Waals surface area contributed by atoms with Gasteiger partial charge < -0.3 is 0 Å². The summed E-state index contributed by atoms with van der Waals surface area (Å²) in [7, 11) is 0. The molecule has 2 rings (SSSR count). The summed E-state index contributed by atoms with van der Waals surface area (Å²) in [5.41, 5.74) is 3.05. The Balaban J connectivity index is 2.33. The van der Waals surface area contributed by atoms with Crippen molar-refractivity contribution in [1.82, 2.24) is 4.98 Å². The highest BCUT2D eigenvalue weighted by Gasteiger charge is 2.01. The number of pyridine rings is 1. The smallest absolute Gasteiger partial charge is 0.129 e. The Morgan fingerprint density at radius 3 is 2.33 bits per heavy atom. The number of hydrogen-bond donors (Lipinski definition) is 0. The third kappa shape index (κ3) is 2.25. The molecule has 0 N–H and O–H groups in total. The highest BCUT2D eigenvalue weighted by Crippen LogP contribution is 2.21. The van der Waals surface area contributed by atoms with E-state index in [0.717, 1.165) is 16.7 Å². The first-order valence-corrected chi connectivity index (χ1v) is 5.01. The second-order valence-corrected chi connectivity index (χ2v) is 3.60. The molecule has 1 aromatic carbocycles. The molecule has 0 radical (unpaired) electrons. The van der Waals surface area contributed by atoms with E-state index < -0.39 is 0 Å². The third-order valence-corrected chi connectivity index (χ3v) is 2.42. The van der Waals surface area contributed by atoms with Gasteiger partial charge in [0.15, 0.2) is 0 Å². The van der Waals surface area contributed by atoms with Crippen LogP contribution < -0.4 is 0 Å². The predicted octanol–water partition coefficient (Wildman–Crippen LogP) is 3.80. The summed E-state index contributed by atoms with van der Waals surface area (Å²) in [6.45, 7) is 4.04. The standard InChI is InChI=1S/C13H10ClN/c1-10(11-5-3-2-4-6-11)12-7-8-13(14)15-9-12/h2-9H,1H2. The average Bonchev–Trinajstić information content (AvgIpc) is 2.30. The number of nitrogens with zero attached hydrogens (tertiary/aromatic N) is 1. The van der Waals surface area contributed by atoms with Crippen LogP contribution in [-0.4, -0.2) is 4.98 Å². The molecule has 0 amide bonds. The maximum absolute atomic E-state index is 5.72. The molecule has 0 unspecified atom stereocenters. The number of rotatable bonds is 2. The van der Waals surface area contributed by atoms with Crippen molar-refractivity contribution in [3.8, 4) is 0 Å². The fraction of sp³-hybridized carbons (Fsp3) is 0. The van der Waals surface area contributed by atoms with Crippen LogP contribution in [0.1, 0.15) is 11.1 Å². The van der Waals surface area contributed by atoms with E-state index in [4.69, 9.17) is 11.6 Å². The Bertz CT molecular complexity index is 460. The van der Waals surface area contributed by atoms with Crippen LogP contribution in [-0.2, 0) is 0 Å². The van der Waals surface area contributed by atoms with E-state index >= 15 is 0 Å². The van der Waals surface area contributed by atoms with Gasteiger partial charge in [-0.3, -0.25) is 0 Å². The molecule has 1 heterocycles. The first-order valence-electron chi connectivity index (χ1n) is 4.63. The van der Waals surface area contributed by atoms with Crippen molar-refractivity contribution >= 4 is 17.2 Å². The largest absolute Gasteiger partial charge is 0.244 e. The van der Waals surface area contributed by atoms with Crippen molar-refractivity contribution in [3.05, 3.63) is 71.5 Å². The van der Waals surface area contributed by atoms with Gasteiger partial charge in [-0.1, -0.05) is 48.5 Å². The van der Waals surface area contributed by atoms with Crippen LogP contribution in [0.4, 0.5) is 0 Å². The molecule has 74 valence electrons. The molecule has 0 bridgehead atoms. The third-order valence-electron chi connectivity index (χ3n) is 2.20. The highest BCUT2D eigenvalue weighted by atomic mass is 35.5. The number of halogens is 1. The SMILES string of the molecule is C=C(c1ccccc1)c1ccc(Cl)nc1. The molecule has 1 aromatic heterocycles. The minimum atomic E-state index is 0.500. The fourth-order valence-corrected chi connectivity index (χ4v) is 1.47. The number of benzene rings is 1. The number of hydrogen-bond acceptors (Lipinski definition) is 1. The zero-order valence-corrected chi connectivity index (χ0v) is 8.91. The average molecular weight is 216 g/mol. The van der Waals surface area contributed by atoms with Crippen LogP contribution in [0.5, 0.6) is 0 Å². The molecular formula is C13H10ClN. The van der Waals surface area contributed by atoms with Crippen LogP contribution in [0.2, 0.25) is 5.15 Å². The van der Waals surface area contributed by atoms with Crippen molar-refractivity contribution in [2.45, 2.75) is 0 Å². The molecule has 0 atom stereocenters. The van der Waals surface area contributed by atoms with Gasteiger partial charge in [0.2, 0.25) is 0 Å². The van der Waals surface area contributed by atoms with E-state index in [1.807, 2.05) is 36.4 Å². The molecule has 1 nitrogen and oxygen atoms in total. The Labute approximate surface area is 94.1 Å². The first-order chi connectivity index (χ1) is 7.27. The van der Waals surface area contributed by atoms with E-state index in [-0.39, 0.29) is 0 Å². The lowest BCUT2D eigenvalue weighted by molar-refractivity contribution is 1.31. The summed E-state index contributed by atoms with van der Waals surface area (Å²) in [6.07, 6.45) is 1.73. The molecule has 0 aliphatic carbocycles. The lowest BCUT2D eigenvalue weighted by atomic mass is 10.0. The van der Waals surface area contributed by atoms with Gasteiger partial charge in [0.05, 0.1) is 0 Å². The second-order valence-electron chi connectivity index (χ2n) is 3.21. The van der Waals surface area contributed by atoms with Crippen LogP contribution in [0.3, 0.4) is 0 Å². The molecule has 2 aromatic rings. The highest BCUT2D eigenvalue weighted by molar-refractivity contribution is 6.29. The summed E-state index contributed by atoms with van der Waals surface area (Å²) in [6, 6.07) is 13.7. The van der Waals surface area contributed by atoms with Gasteiger partial charge >= 0.3 is 0 Å². The van der Waals surface area contributed by atoms with Crippen LogP contribution in [0.25, 0.3) is 5.57 Å². The van der Waals surface area contributed by atoms with E-state index in [2.05, 4.69) is 11.6 Å². The molecule has 0 aliphatic heterocycles. The van der Waals surface area contributed by atoms with Crippen molar-refractivity contribution in [2.24, 2.45) is 0 Å².